The van der Waals surface area contributed by atoms with Crippen LogP contribution in [-0.2, 0) is 9.47 Å². The van der Waals surface area contributed by atoms with E-state index in [0.29, 0.717) is 41.7 Å². The summed E-state index contributed by atoms with van der Waals surface area (Å²) in [6.07, 6.45) is 48.8. The second-order valence-corrected chi connectivity index (χ2v) is 17.5. The maximum absolute atomic E-state index is 7.30. The predicted octanol–water partition coefficient (Wildman–Crippen LogP) is 10.1. The van der Waals surface area contributed by atoms with E-state index in [0.717, 1.165) is 50.7 Å². The molecule has 6 aliphatic carbocycles. The largest absolute Gasteiger partial charge is 0.490 e. The van der Waals surface area contributed by atoms with Crippen LogP contribution in [0.5, 0.6) is 0 Å². The molecule has 3 fully saturated rings. The second-order valence-electron chi connectivity index (χ2n) is 17.5. The first kappa shape index (κ1) is 33.5. The molecule has 14 atom stereocenters. The Hall–Kier alpha value is -4.02. The highest BCUT2D eigenvalue weighted by atomic mass is 16.5. The van der Waals surface area contributed by atoms with Gasteiger partial charge in [-0.15, -0.1) is 0 Å². The fourth-order valence-corrected chi connectivity index (χ4v) is 12.7. The molecule has 1 aromatic rings. The molecule has 14 unspecified atom stereocenters. The molecule has 4 heteroatoms. The molecule has 1 spiro atoms. The maximum atomic E-state index is 7.30. The first-order valence-electron chi connectivity index (χ1n) is 20.8. The summed E-state index contributed by atoms with van der Waals surface area (Å²) in [6, 6.07) is 12.0. The average molecular weight is 705 g/mol. The minimum Gasteiger partial charge on any atom is -0.490 e. The summed E-state index contributed by atoms with van der Waals surface area (Å²) in [5, 5.41) is 0. The number of benzene rings is 1. The van der Waals surface area contributed by atoms with Crippen LogP contribution in [0.1, 0.15) is 58.8 Å². The highest BCUT2D eigenvalue weighted by Gasteiger charge is 2.65. The van der Waals surface area contributed by atoms with Gasteiger partial charge in [-0.2, -0.15) is 0 Å². The van der Waals surface area contributed by atoms with E-state index < -0.39 is 0 Å². The van der Waals surface area contributed by atoms with Crippen molar-refractivity contribution in [2.45, 2.75) is 89.2 Å². The summed E-state index contributed by atoms with van der Waals surface area (Å²) in [7, 11) is 0. The highest BCUT2D eigenvalue weighted by molar-refractivity contribution is 5.55. The minimum absolute atomic E-state index is 0.00309. The topological polar surface area (TPSA) is 47.7 Å². The molecular weight excluding hydrogens is 649 g/mol. The number of hydrogen-bond acceptors (Lipinski definition) is 4. The van der Waals surface area contributed by atoms with E-state index in [1.807, 2.05) is 0 Å². The van der Waals surface area contributed by atoms with Crippen LogP contribution in [0.2, 0.25) is 0 Å². The van der Waals surface area contributed by atoms with E-state index in [-0.39, 0.29) is 41.0 Å². The summed E-state index contributed by atoms with van der Waals surface area (Å²) in [4.78, 5) is 2.75. The Morgan fingerprint density at radius 2 is 1.79 bits per heavy atom. The van der Waals surface area contributed by atoms with Crippen LogP contribution in [-0.4, -0.2) is 30.4 Å². The van der Waals surface area contributed by atoms with Crippen LogP contribution in [0.4, 0.5) is 5.69 Å². The lowest BCUT2D eigenvalue weighted by Gasteiger charge is -2.64. The van der Waals surface area contributed by atoms with Crippen LogP contribution in [0, 0.1) is 52.3 Å². The molecule has 0 bridgehead atoms. The Kier molecular flexibility index (Phi) is 8.28. The number of nitrogens with zero attached hydrogens (tertiary/aromatic N) is 1. The van der Waals surface area contributed by atoms with Crippen LogP contribution < -0.4 is 10.6 Å². The van der Waals surface area contributed by atoms with Gasteiger partial charge >= 0.3 is 0 Å². The quantitative estimate of drug-likeness (QED) is 0.310. The molecule has 3 aliphatic heterocycles. The second kappa shape index (κ2) is 13.1. The third-order valence-corrected chi connectivity index (χ3v) is 15.1. The van der Waals surface area contributed by atoms with Gasteiger partial charge in [-0.1, -0.05) is 123 Å². The normalized spacial score (nSPS) is 43.5. The highest BCUT2D eigenvalue weighted by Crippen LogP contribution is 2.67. The van der Waals surface area contributed by atoms with E-state index in [1.54, 1.807) is 6.20 Å². The van der Waals surface area contributed by atoms with Gasteiger partial charge in [-0.25, -0.2) is 0 Å². The molecule has 9 aliphatic rings. The number of hydrogen-bond donors (Lipinski definition) is 1. The van der Waals surface area contributed by atoms with Crippen LogP contribution in [0.15, 0.2) is 151 Å². The van der Waals surface area contributed by atoms with Crippen molar-refractivity contribution in [3.8, 4) is 0 Å². The fourth-order valence-electron chi connectivity index (χ4n) is 12.7. The summed E-state index contributed by atoms with van der Waals surface area (Å²) in [6.45, 7) is 4.78. The van der Waals surface area contributed by atoms with Gasteiger partial charge in [0.15, 0.2) is 0 Å². The Morgan fingerprint density at radius 3 is 2.66 bits per heavy atom. The van der Waals surface area contributed by atoms with Crippen LogP contribution >= 0.6 is 0 Å². The van der Waals surface area contributed by atoms with Gasteiger partial charge in [0.2, 0.25) is 0 Å². The van der Waals surface area contributed by atoms with Gasteiger partial charge in [0, 0.05) is 52.7 Å². The third-order valence-electron chi connectivity index (χ3n) is 15.1. The van der Waals surface area contributed by atoms with Crippen molar-refractivity contribution in [1.82, 2.24) is 0 Å². The van der Waals surface area contributed by atoms with Crippen molar-refractivity contribution >= 4 is 5.69 Å². The van der Waals surface area contributed by atoms with Crippen molar-refractivity contribution in [1.29, 1.82) is 0 Å². The summed E-state index contributed by atoms with van der Waals surface area (Å²) >= 11 is 0. The SMILES string of the molecule is CCC(/C=C\N)C1=CC2OC3C=CCCC3C3(C4=CCCC=C4OC4CC(C)(C5C=CC6C7C=CC=CC7N(c7ccccc7)C6C5)C=CC43)C2C=C1. The Morgan fingerprint density at radius 1 is 0.925 bits per heavy atom. The molecule has 274 valence electrons. The lowest BCUT2D eigenvalue weighted by atomic mass is 9.45. The number of anilines is 1. The molecule has 53 heavy (non-hydrogen) atoms. The summed E-state index contributed by atoms with van der Waals surface area (Å²) in [5.41, 5.74) is 9.98. The number of para-hydroxylation sites is 1. The molecule has 0 amide bonds. The van der Waals surface area contributed by atoms with Crippen LogP contribution in [0.3, 0.4) is 0 Å². The van der Waals surface area contributed by atoms with E-state index in [9.17, 15) is 0 Å². The summed E-state index contributed by atoms with van der Waals surface area (Å²) in [5.74, 6) is 3.87. The van der Waals surface area contributed by atoms with E-state index in [1.165, 1.54) is 16.8 Å². The van der Waals surface area contributed by atoms with Gasteiger partial charge in [0.1, 0.15) is 11.9 Å². The molecule has 3 heterocycles. The van der Waals surface area contributed by atoms with Gasteiger partial charge in [-0.3, -0.25) is 0 Å². The number of allylic oxidation sites excluding steroid dienone is 11. The van der Waals surface area contributed by atoms with Crippen LogP contribution in [0.25, 0.3) is 0 Å². The monoisotopic (exact) mass is 704 g/mol. The van der Waals surface area contributed by atoms with Crippen molar-refractivity contribution in [3.05, 3.63) is 151 Å². The number of fused-ring (bicyclic) bond motifs is 11. The predicted molar refractivity (Wildman–Crippen MR) is 215 cm³/mol. The standard InChI is InChI=1S/C49H56N2O2/c1-3-32(26-28-50)33-21-24-40-46(29-33)52-44-19-11-8-16-38(44)49(40)39-17-9-12-20-45(39)53-47-31-48(2,27-25-41(47)49)34-22-23-37-36-15-7-10-18-42(36)51(43(37)30-34)35-13-5-4-6-14-35/h4-7,10-11,13-15,17-29,32,34,36-38,40-44,46-47H,3,8-9,12,16,30-31,50H2,1-2H3/b28-26-. The lowest BCUT2D eigenvalue weighted by molar-refractivity contribution is -0.179. The zero-order valence-electron chi connectivity index (χ0n) is 31.4. The molecule has 0 radical (unpaired) electrons. The molecular formula is C49H56N2O2. The molecule has 0 saturated carbocycles. The van der Waals surface area contributed by atoms with Crippen molar-refractivity contribution < 1.29 is 9.47 Å². The Labute approximate surface area is 317 Å². The maximum Gasteiger partial charge on any atom is 0.119 e. The Balaban J connectivity index is 1.04. The zero-order chi connectivity index (χ0) is 35.7. The van der Waals surface area contributed by atoms with E-state index in [4.69, 9.17) is 15.2 Å². The van der Waals surface area contributed by atoms with Crippen molar-refractivity contribution in [2.24, 2.45) is 58.0 Å². The Bertz CT molecular complexity index is 1910. The average Bonchev–Trinajstić information content (AvgIpc) is 3.53. The van der Waals surface area contributed by atoms with Gasteiger partial charge in [-0.05, 0) is 91.8 Å². The lowest BCUT2D eigenvalue weighted by Crippen LogP contribution is -2.64. The molecule has 2 N–H and O–H groups in total. The number of ether oxygens (including phenoxy) is 2. The number of nitrogens with two attached hydrogens (primary N) is 1. The molecule has 4 nitrogen and oxygen atoms in total. The zero-order valence-corrected chi connectivity index (χ0v) is 31.4. The number of rotatable bonds is 5. The van der Waals surface area contributed by atoms with Gasteiger partial charge < -0.3 is 20.1 Å². The van der Waals surface area contributed by atoms with E-state index >= 15 is 0 Å². The first-order chi connectivity index (χ1) is 26.0. The van der Waals surface area contributed by atoms with Crippen molar-refractivity contribution in [2.75, 3.05) is 4.90 Å². The molecule has 0 aromatic heterocycles. The molecule has 10 rings (SSSR count). The third kappa shape index (κ3) is 5.10. The smallest absolute Gasteiger partial charge is 0.119 e. The fraction of sp³-hybridized carbons (Fsp3) is 0.469. The minimum atomic E-state index is -0.0906. The van der Waals surface area contributed by atoms with E-state index in [2.05, 4.69) is 146 Å². The summed E-state index contributed by atoms with van der Waals surface area (Å²) < 4.78 is 14.4. The van der Waals surface area contributed by atoms with Gasteiger partial charge in [0.05, 0.1) is 18.2 Å². The first-order valence-corrected chi connectivity index (χ1v) is 20.8. The molecule has 1 aromatic carbocycles. The van der Waals surface area contributed by atoms with Crippen molar-refractivity contribution in [3.63, 3.8) is 0 Å². The molecule has 3 saturated heterocycles. The van der Waals surface area contributed by atoms with Gasteiger partial charge in [0.25, 0.3) is 0 Å².